The van der Waals surface area contributed by atoms with Gasteiger partial charge in [-0.1, -0.05) is 24.1 Å². The molecular weight excluding hydrogens is 494 g/mol. The highest BCUT2D eigenvalue weighted by Crippen LogP contribution is 2.50. The van der Waals surface area contributed by atoms with Gasteiger partial charge < -0.3 is 24.1 Å². The monoisotopic (exact) mass is 523 g/mol. The molecule has 1 aliphatic rings. The maximum Gasteiger partial charge on any atom is 0.263 e. The fourth-order valence-corrected chi connectivity index (χ4v) is 5.16. The lowest BCUT2D eigenvalue weighted by molar-refractivity contribution is 0.0466. The Balaban J connectivity index is 1.49. The Hall–Kier alpha value is -3.43. The van der Waals surface area contributed by atoms with Gasteiger partial charge >= 0.3 is 0 Å². The average Bonchev–Trinajstić information content (AvgIpc) is 3.68. The molecule has 1 aliphatic carbocycles. The highest BCUT2D eigenvalue weighted by molar-refractivity contribution is 7.98. The van der Waals surface area contributed by atoms with E-state index in [1.54, 1.807) is 75.8 Å². The molecule has 0 bridgehead atoms. The van der Waals surface area contributed by atoms with Crippen LogP contribution in [0.2, 0.25) is 0 Å². The molecule has 0 atom stereocenters. The zero-order valence-corrected chi connectivity index (χ0v) is 21.8. The Morgan fingerprint density at radius 2 is 1.92 bits per heavy atom. The van der Waals surface area contributed by atoms with Crippen LogP contribution in [0.25, 0.3) is 10.9 Å². The topological polar surface area (TPSA) is 119 Å². The molecule has 0 spiro atoms. The van der Waals surface area contributed by atoms with Crippen LogP contribution < -0.4 is 15.6 Å². The number of nitrogens with zero attached hydrogens (tertiary/aromatic N) is 4. The second-order valence-electron chi connectivity index (χ2n) is 8.85. The molecule has 10 nitrogen and oxygen atoms in total. The highest BCUT2D eigenvalue weighted by atomic mass is 32.2. The van der Waals surface area contributed by atoms with Crippen molar-refractivity contribution in [2.45, 2.75) is 24.1 Å². The second kappa shape index (κ2) is 11.7. The van der Waals surface area contributed by atoms with Crippen LogP contribution in [0.3, 0.4) is 0 Å². The molecule has 2 aromatic heterocycles. The Morgan fingerprint density at radius 3 is 2.54 bits per heavy atom. The third-order valence-electron chi connectivity index (χ3n) is 6.02. The highest BCUT2D eigenvalue weighted by Gasteiger charge is 2.46. The van der Waals surface area contributed by atoms with E-state index in [1.807, 2.05) is 4.31 Å². The summed E-state index contributed by atoms with van der Waals surface area (Å²) in [6.45, 7) is 1.50. The number of rotatable bonds is 12. The first-order valence-electron chi connectivity index (χ1n) is 11.7. The van der Waals surface area contributed by atoms with E-state index in [2.05, 4.69) is 16.4 Å². The maximum atomic E-state index is 13.1. The third kappa shape index (κ3) is 6.29. The van der Waals surface area contributed by atoms with Crippen LogP contribution >= 0.6 is 11.9 Å². The van der Waals surface area contributed by atoms with Gasteiger partial charge in [-0.15, -0.1) is 0 Å². The molecule has 1 N–H and O–H groups in total. The lowest BCUT2D eigenvalue weighted by Gasteiger charge is -2.25. The van der Waals surface area contributed by atoms with E-state index >= 15 is 0 Å². The molecule has 3 aromatic rings. The van der Waals surface area contributed by atoms with Crippen molar-refractivity contribution >= 4 is 28.8 Å². The number of amides is 1. The first kappa shape index (κ1) is 26.6. The number of carbonyl (C=O) groups is 1. The number of hydrogen-bond acceptors (Lipinski definition) is 9. The molecular formula is C26H29N5O5S. The quantitative estimate of drug-likeness (QED) is 0.282. The van der Waals surface area contributed by atoms with Crippen molar-refractivity contribution in [2.75, 3.05) is 34.3 Å². The van der Waals surface area contributed by atoms with Crippen LogP contribution in [0.15, 0.2) is 47.4 Å². The van der Waals surface area contributed by atoms with Crippen molar-refractivity contribution in [3.63, 3.8) is 0 Å². The first-order chi connectivity index (χ1) is 17.9. The van der Waals surface area contributed by atoms with E-state index < -0.39 is 11.5 Å². The molecule has 11 heteroatoms. The van der Waals surface area contributed by atoms with E-state index in [9.17, 15) is 9.59 Å². The van der Waals surface area contributed by atoms with Gasteiger partial charge in [0.15, 0.2) is 0 Å². The standard InChI is InChI=1S/C26H29N5O5S/c1-30-22-20(12-21(25(30)33)23(32)29-14-19-6-4-18(13-27)5-7-19)8-11-28-24(22)36-15-26(9-10-26)37-31(16-34-2)17-35-3/h4-8,11-12H,9-10,14-17H2,1-3H3,(H,29,32). The Kier molecular flexibility index (Phi) is 8.45. The van der Waals surface area contributed by atoms with Gasteiger partial charge in [0.25, 0.3) is 11.5 Å². The normalized spacial score (nSPS) is 13.9. The van der Waals surface area contributed by atoms with Gasteiger partial charge in [-0.2, -0.15) is 5.26 Å². The SMILES string of the molecule is COCN(COC)SC1(COc2nccc3cc(C(=O)NCc4ccc(C#N)cc4)c(=O)n(C)c23)CC1. The van der Waals surface area contributed by atoms with Crippen LogP contribution in [0.4, 0.5) is 0 Å². The molecule has 1 saturated carbocycles. The summed E-state index contributed by atoms with van der Waals surface area (Å²) in [5.74, 6) is -0.130. The van der Waals surface area contributed by atoms with Crippen LogP contribution in [-0.2, 0) is 23.1 Å². The van der Waals surface area contributed by atoms with Crippen molar-refractivity contribution < 1.29 is 19.0 Å². The second-order valence-corrected chi connectivity index (χ2v) is 10.4. The number of aromatic nitrogens is 2. The van der Waals surface area contributed by atoms with Gasteiger partial charge in [-0.25, -0.2) is 9.29 Å². The fraction of sp³-hybridized carbons (Fsp3) is 0.385. The lowest BCUT2D eigenvalue weighted by atomic mass is 10.1. The summed E-state index contributed by atoms with van der Waals surface area (Å²) in [7, 11) is 4.89. The van der Waals surface area contributed by atoms with Crippen molar-refractivity contribution in [3.05, 3.63) is 69.6 Å². The predicted octanol–water partition coefficient (Wildman–Crippen LogP) is 2.80. The molecule has 37 heavy (non-hydrogen) atoms. The summed E-state index contributed by atoms with van der Waals surface area (Å²) in [5.41, 5.74) is 1.49. The van der Waals surface area contributed by atoms with Crippen LogP contribution in [0.5, 0.6) is 5.88 Å². The smallest absolute Gasteiger partial charge is 0.263 e. The number of pyridine rings is 2. The van der Waals surface area contributed by atoms with Crippen molar-refractivity contribution in [1.29, 1.82) is 5.26 Å². The molecule has 2 heterocycles. The Labute approximate surface area is 219 Å². The van der Waals surface area contributed by atoms with Crippen LogP contribution in [0, 0.1) is 11.3 Å². The van der Waals surface area contributed by atoms with E-state index in [4.69, 9.17) is 19.5 Å². The molecule has 0 saturated heterocycles. The third-order valence-corrected chi connectivity index (χ3v) is 7.40. The van der Waals surface area contributed by atoms with Crippen molar-refractivity contribution in [3.8, 4) is 11.9 Å². The van der Waals surface area contributed by atoms with Crippen LogP contribution in [-0.4, -0.2) is 58.8 Å². The molecule has 0 radical (unpaired) electrons. The van der Waals surface area contributed by atoms with Gasteiger partial charge in [0.1, 0.15) is 31.1 Å². The number of nitriles is 1. The number of hydrogen-bond donors (Lipinski definition) is 1. The maximum absolute atomic E-state index is 13.1. The molecule has 4 rings (SSSR count). The predicted molar refractivity (Wildman–Crippen MR) is 140 cm³/mol. The number of fused-ring (bicyclic) bond motifs is 1. The number of benzene rings is 1. The number of nitrogens with one attached hydrogen (secondary N) is 1. The zero-order chi connectivity index (χ0) is 26.4. The minimum Gasteiger partial charge on any atom is -0.475 e. The molecule has 0 aliphatic heterocycles. The van der Waals surface area contributed by atoms with Gasteiger partial charge in [0.05, 0.1) is 16.4 Å². The first-order valence-corrected chi connectivity index (χ1v) is 12.5. The molecule has 194 valence electrons. The summed E-state index contributed by atoms with van der Waals surface area (Å²) in [6.07, 6.45) is 3.57. The zero-order valence-electron chi connectivity index (χ0n) is 21.0. The molecule has 1 fully saturated rings. The number of methoxy groups -OCH3 is 2. The van der Waals surface area contributed by atoms with E-state index in [0.717, 1.165) is 18.4 Å². The van der Waals surface area contributed by atoms with Gasteiger partial charge in [0.2, 0.25) is 5.88 Å². The minimum atomic E-state index is -0.476. The Morgan fingerprint density at radius 1 is 1.22 bits per heavy atom. The van der Waals surface area contributed by atoms with Crippen molar-refractivity contribution in [1.82, 2.24) is 19.2 Å². The van der Waals surface area contributed by atoms with E-state index in [1.165, 1.54) is 4.57 Å². The molecule has 0 unspecified atom stereocenters. The minimum absolute atomic E-state index is 0.0322. The summed E-state index contributed by atoms with van der Waals surface area (Å²) < 4.78 is 19.9. The van der Waals surface area contributed by atoms with Gasteiger partial charge in [-0.05, 0) is 42.7 Å². The summed E-state index contributed by atoms with van der Waals surface area (Å²) in [6, 6.07) is 12.3. The largest absolute Gasteiger partial charge is 0.475 e. The number of ether oxygens (including phenoxy) is 3. The number of carbonyl (C=O) groups excluding carboxylic acids is 1. The summed E-state index contributed by atoms with van der Waals surface area (Å²) >= 11 is 1.64. The summed E-state index contributed by atoms with van der Waals surface area (Å²) in [4.78, 5) is 30.4. The summed E-state index contributed by atoms with van der Waals surface area (Å²) in [5, 5.41) is 12.4. The number of aryl methyl sites for hydroxylation is 1. The van der Waals surface area contributed by atoms with Crippen LogP contribution in [0.1, 0.15) is 34.3 Å². The molecule has 1 amide bonds. The fourth-order valence-electron chi connectivity index (χ4n) is 3.90. The van der Waals surface area contributed by atoms with Gasteiger partial charge in [0, 0.05) is 39.4 Å². The van der Waals surface area contributed by atoms with E-state index in [0.29, 0.717) is 42.4 Å². The van der Waals surface area contributed by atoms with Crippen molar-refractivity contribution in [2.24, 2.45) is 7.05 Å². The van der Waals surface area contributed by atoms with Gasteiger partial charge in [-0.3, -0.25) is 9.59 Å². The Bertz CT molecular complexity index is 1360. The molecule has 1 aromatic carbocycles. The van der Waals surface area contributed by atoms with E-state index in [-0.39, 0.29) is 16.9 Å². The lowest BCUT2D eigenvalue weighted by Crippen LogP contribution is -2.32. The average molecular weight is 524 g/mol.